The van der Waals surface area contributed by atoms with Crippen LogP contribution < -0.4 is 4.90 Å². The van der Waals surface area contributed by atoms with Crippen molar-refractivity contribution < 1.29 is 8.83 Å². The zero-order chi connectivity index (χ0) is 27.2. The number of fused-ring (bicyclic) bond motifs is 4. The summed E-state index contributed by atoms with van der Waals surface area (Å²) in [6.45, 7) is 0. The molecule has 6 aromatic carbocycles. The highest BCUT2D eigenvalue weighted by Gasteiger charge is 2.17. The van der Waals surface area contributed by atoms with Crippen molar-refractivity contribution in [2.75, 3.05) is 4.90 Å². The SMILES string of the molecule is c1ccc(-c2nc3cccc(-c4ccc(N(c5ccccc5)c5ccc6oc7ccccc7c6c5)cc4)c3o2)cc1. The lowest BCUT2D eigenvalue weighted by Gasteiger charge is -2.25. The van der Waals surface area contributed by atoms with Gasteiger partial charge in [-0.3, -0.25) is 0 Å². The summed E-state index contributed by atoms with van der Waals surface area (Å²) in [5.41, 5.74) is 9.66. The van der Waals surface area contributed by atoms with Gasteiger partial charge in [0.05, 0.1) is 0 Å². The van der Waals surface area contributed by atoms with E-state index in [1.54, 1.807) is 0 Å². The van der Waals surface area contributed by atoms with Gasteiger partial charge >= 0.3 is 0 Å². The molecule has 41 heavy (non-hydrogen) atoms. The van der Waals surface area contributed by atoms with Gasteiger partial charge in [0.15, 0.2) is 5.58 Å². The van der Waals surface area contributed by atoms with Gasteiger partial charge in [-0.25, -0.2) is 4.98 Å². The highest BCUT2D eigenvalue weighted by Crippen LogP contribution is 2.40. The molecule has 0 N–H and O–H groups in total. The minimum Gasteiger partial charge on any atom is -0.456 e. The zero-order valence-corrected chi connectivity index (χ0v) is 22.1. The largest absolute Gasteiger partial charge is 0.456 e. The molecule has 0 unspecified atom stereocenters. The molecule has 0 fully saturated rings. The van der Waals surface area contributed by atoms with Crippen LogP contribution in [0.1, 0.15) is 0 Å². The average molecular weight is 529 g/mol. The number of para-hydroxylation sites is 3. The van der Waals surface area contributed by atoms with Gasteiger partial charge < -0.3 is 13.7 Å². The van der Waals surface area contributed by atoms with Crippen molar-refractivity contribution in [1.82, 2.24) is 4.98 Å². The summed E-state index contributed by atoms with van der Waals surface area (Å²) >= 11 is 0. The number of hydrogen-bond donors (Lipinski definition) is 0. The summed E-state index contributed by atoms with van der Waals surface area (Å²) in [4.78, 5) is 7.03. The van der Waals surface area contributed by atoms with E-state index in [9.17, 15) is 0 Å². The number of hydrogen-bond acceptors (Lipinski definition) is 4. The van der Waals surface area contributed by atoms with Crippen LogP contribution in [-0.2, 0) is 0 Å². The molecule has 0 saturated carbocycles. The normalized spacial score (nSPS) is 11.4. The fourth-order valence-corrected chi connectivity index (χ4v) is 5.55. The Balaban J connectivity index is 1.22. The fraction of sp³-hybridized carbons (Fsp3) is 0. The highest BCUT2D eigenvalue weighted by molar-refractivity contribution is 6.06. The van der Waals surface area contributed by atoms with Crippen LogP contribution >= 0.6 is 0 Å². The molecule has 4 nitrogen and oxygen atoms in total. The van der Waals surface area contributed by atoms with Crippen molar-refractivity contribution in [1.29, 1.82) is 0 Å². The maximum atomic E-state index is 6.29. The van der Waals surface area contributed by atoms with E-state index in [0.29, 0.717) is 5.89 Å². The first-order chi connectivity index (χ1) is 20.3. The van der Waals surface area contributed by atoms with Crippen LogP contribution in [0.3, 0.4) is 0 Å². The molecule has 2 aromatic heterocycles. The van der Waals surface area contributed by atoms with Gasteiger partial charge in [-0.2, -0.15) is 0 Å². The van der Waals surface area contributed by atoms with Gasteiger partial charge in [-0.05, 0) is 72.3 Å². The molecule has 0 atom stereocenters. The molecule has 0 radical (unpaired) electrons. The average Bonchev–Trinajstić information content (AvgIpc) is 3.64. The third-order valence-corrected chi connectivity index (χ3v) is 7.51. The van der Waals surface area contributed by atoms with E-state index in [1.165, 1.54) is 0 Å². The van der Waals surface area contributed by atoms with Gasteiger partial charge in [0, 0.05) is 39.0 Å². The first-order valence-corrected chi connectivity index (χ1v) is 13.6. The molecular formula is C37H24N2O2. The van der Waals surface area contributed by atoms with Gasteiger partial charge in [-0.1, -0.05) is 78.9 Å². The zero-order valence-electron chi connectivity index (χ0n) is 22.1. The predicted octanol–water partition coefficient (Wildman–Crippen LogP) is 10.5. The lowest BCUT2D eigenvalue weighted by molar-refractivity contribution is 0.621. The smallest absolute Gasteiger partial charge is 0.227 e. The fourth-order valence-electron chi connectivity index (χ4n) is 5.55. The van der Waals surface area contributed by atoms with E-state index >= 15 is 0 Å². The number of furan rings is 1. The Morgan fingerprint density at radius 1 is 0.463 bits per heavy atom. The maximum absolute atomic E-state index is 6.29. The van der Waals surface area contributed by atoms with E-state index in [0.717, 1.165) is 66.8 Å². The molecule has 2 heterocycles. The number of oxazole rings is 1. The van der Waals surface area contributed by atoms with Crippen LogP contribution in [0.25, 0.3) is 55.6 Å². The number of anilines is 3. The quantitative estimate of drug-likeness (QED) is 0.223. The molecule has 0 aliphatic carbocycles. The minimum absolute atomic E-state index is 0.627. The first-order valence-electron chi connectivity index (χ1n) is 13.6. The third-order valence-electron chi connectivity index (χ3n) is 7.51. The molecule has 8 rings (SSSR count). The maximum Gasteiger partial charge on any atom is 0.227 e. The van der Waals surface area contributed by atoms with Crippen LogP contribution in [0.2, 0.25) is 0 Å². The highest BCUT2D eigenvalue weighted by atomic mass is 16.3. The second-order valence-electron chi connectivity index (χ2n) is 10.0. The lowest BCUT2D eigenvalue weighted by Crippen LogP contribution is -2.09. The van der Waals surface area contributed by atoms with Crippen molar-refractivity contribution in [3.05, 3.63) is 146 Å². The molecule has 0 saturated heterocycles. The van der Waals surface area contributed by atoms with E-state index in [1.807, 2.05) is 60.7 Å². The van der Waals surface area contributed by atoms with Gasteiger partial charge in [0.25, 0.3) is 0 Å². The Hall–Kier alpha value is -5.61. The van der Waals surface area contributed by atoms with Crippen molar-refractivity contribution in [3.8, 4) is 22.6 Å². The molecule has 8 aromatic rings. The molecule has 0 aliphatic heterocycles. The van der Waals surface area contributed by atoms with Gasteiger partial charge in [-0.15, -0.1) is 0 Å². The number of nitrogens with zero attached hydrogens (tertiary/aromatic N) is 2. The monoisotopic (exact) mass is 528 g/mol. The summed E-state index contributed by atoms with van der Waals surface area (Å²) in [5.74, 6) is 0.627. The Morgan fingerprint density at radius 3 is 1.98 bits per heavy atom. The topological polar surface area (TPSA) is 42.4 Å². The van der Waals surface area contributed by atoms with Crippen LogP contribution in [0.15, 0.2) is 154 Å². The second kappa shape index (κ2) is 9.54. The summed E-state index contributed by atoms with van der Waals surface area (Å²) in [6.07, 6.45) is 0. The Kier molecular flexibility index (Phi) is 5.42. The van der Waals surface area contributed by atoms with E-state index in [4.69, 9.17) is 13.8 Å². The standard InChI is InChI=1S/C37H24N2O2/c1-3-10-26(11-4-1)37-38-33-16-9-15-30(36(33)41-37)25-18-20-28(21-19-25)39(27-12-5-2-6-13-27)29-22-23-35-32(24-29)31-14-7-8-17-34(31)40-35/h1-24H. The van der Waals surface area contributed by atoms with Crippen LogP contribution in [0.5, 0.6) is 0 Å². The van der Waals surface area contributed by atoms with E-state index < -0.39 is 0 Å². The minimum atomic E-state index is 0.627. The van der Waals surface area contributed by atoms with Crippen molar-refractivity contribution in [2.24, 2.45) is 0 Å². The third kappa shape index (κ3) is 4.05. The Labute approximate surface area is 236 Å². The van der Waals surface area contributed by atoms with Gasteiger partial charge in [0.1, 0.15) is 16.7 Å². The van der Waals surface area contributed by atoms with Crippen molar-refractivity contribution in [3.63, 3.8) is 0 Å². The van der Waals surface area contributed by atoms with Crippen LogP contribution in [-0.4, -0.2) is 4.98 Å². The number of benzene rings is 6. The molecular weight excluding hydrogens is 504 g/mol. The van der Waals surface area contributed by atoms with Crippen molar-refractivity contribution >= 4 is 50.1 Å². The summed E-state index contributed by atoms with van der Waals surface area (Å²) < 4.78 is 12.4. The summed E-state index contributed by atoms with van der Waals surface area (Å²) in [6, 6.07) is 49.8. The molecule has 0 bridgehead atoms. The molecule has 0 aliphatic rings. The summed E-state index contributed by atoms with van der Waals surface area (Å²) in [5, 5.41) is 2.21. The Bertz CT molecular complexity index is 2140. The van der Waals surface area contributed by atoms with Crippen molar-refractivity contribution in [2.45, 2.75) is 0 Å². The van der Waals surface area contributed by atoms with E-state index in [2.05, 4.69) is 89.8 Å². The van der Waals surface area contributed by atoms with Crippen LogP contribution in [0, 0.1) is 0 Å². The molecule has 4 heteroatoms. The molecule has 0 spiro atoms. The predicted molar refractivity (Wildman–Crippen MR) is 167 cm³/mol. The Morgan fingerprint density at radius 2 is 1.15 bits per heavy atom. The first kappa shape index (κ1) is 23.3. The number of aromatic nitrogens is 1. The number of rotatable bonds is 5. The molecule has 194 valence electrons. The second-order valence-corrected chi connectivity index (χ2v) is 10.0. The molecule has 0 amide bonds. The van der Waals surface area contributed by atoms with Crippen LogP contribution in [0.4, 0.5) is 17.1 Å². The summed E-state index contributed by atoms with van der Waals surface area (Å²) in [7, 11) is 0. The lowest BCUT2D eigenvalue weighted by atomic mass is 10.0. The van der Waals surface area contributed by atoms with Gasteiger partial charge in [0.2, 0.25) is 5.89 Å². The van der Waals surface area contributed by atoms with E-state index in [-0.39, 0.29) is 0 Å².